The van der Waals surface area contributed by atoms with Crippen LogP contribution in [0.1, 0.15) is 4.88 Å². The van der Waals surface area contributed by atoms with Crippen molar-refractivity contribution < 1.29 is 9.53 Å². The molecule has 9 heteroatoms. The second kappa shape index (κ2) is 9.22. The Morgan fingerprint density at radius 2 is 2.03 bits per heavy atom. The molecule has 1 aromatic carbocycles. The molecule has 2 aromatic heterocycles. The summed E-state index contributed by atoms with van der Waals surface area (Å²) in [6, 6.07) is 12.3. The highest BCUT2D eigenvalue weighted by atomic mass is 32.1. The number of aryl methyl sites for hydroxylation is 1. The maximum absolute atomic E-state index is 12.7. The molecule has 3 heterocycles. The van der Waals surface area contributed by atoms with Gasteiger partial charge in [0.1, 0.15) is 12.3 Å². The number of hydrogen-bond donors (Lipinski definition) is 1. The zero-order chi connectivity index (χ0) is 21.8. The summed E-state index contributed by atoms with van der Waals surface area (Å²) < 4.78 is 6.94. The Bertz CT molecular complexity index is 1070. The first-order valence-corrected chi connectivity index (χ1v) is 10.9. The number of thiophene rings is 1. The van der Waals surface area contributed by atoms with E-state index >= 15 is 0 Å². The number of carbonyl (C=O) groups excluding carboxylic acids is 1. The molecule has 4 rings (SSSR count). The van der Waals surface area contributed by atoms with Gasteiger partial charge in [-0.15, -0.1) is 11.3 Å². The van der Waals surface area contributed by atoms with Crippen LogP contribution in [-0.4, -0.2) is 60.3 Å². The number of hydrogen-bond acceptors (Lipinski definition) is 5. The van der Waals surface area contributed by atoms with E-state index in [9.17, 15) is 4.79 Å². The molecule has 31 heavy (non-hydrogen) atoms. The number of nitrogens with zero attached hydrogens (tertiary/aromatic N) is 5. The topological polar surface area (TPSA) is 75.0 Å². The van der Waals surface area contributed by atoms with Crippen molar-refractivity contribution in [2.75, 3.05) is 38.7 Å². The molecule has 1 aliphatic rings. The number of ether oxygens (including phenoxy) is 1. The average molecular weight is 439 g/mol. The van der Waals surface area contributed by atoms with Crippen LogP contribution in [0.15, 0.2) is 53.8 Å². The van der Waals surface area contributed by atoms with Crippen molar-refractivity contribution in [2.45, 2.75) is 6.54 Å². The molecule has 0 spiro atoms. The maximum Gasteiger partial charge on any atom is 0.246 e. The third-order valence-corrected chi connectivity index (χ3v) is 6.33. The SMILES string of the molecule is CN=C(NCc1ccc(-c2ccc(OC)cc2)s1)N1CCN(c2cnn(C)c2)C(=O)C1. The van der Waals surface area contributed by atoms with Crippen molar-refractivity contribution in [1.82, 2.24) is 20.0 Å². The number of carbonyl (C=O) groups is 1. The zero-order valence-electron chi connectivity index (χ0n) is 17.9. The van der Waals surface area contributed by atoms with Gasteiger partial charge in [0.05, 0.1) is 25.5 Å². The largest absolute Gasteiger partial charge is 0.497 e. The van der Waals surface area contributed by atoms with Gasteiger partial charge in [0.2, 0.25) is 5.91 Å². The van der Waals surface area contributed by atoms with Crippen molar-refractivity contribution in [1.29, 1.82) is 0 Å². The van der Waals surface area contributed by atoms with Gasteiger partial charge >= 0.3 is 0 Å². The molecular weight excluding hydrogens is 412 g/mol. The van der Waals surface area contributed by atoms with Crippen LogP contribution in [0, 0.1) is 0 Å². The Morgan fingerprint density at radius 1 is 1.23 bits per heavy atom. The second-order valence-electron chi connectivity index (χ2n) is 7.23. The number of aliphatic imine (C=N–C) groups is 1. The highest BCUT2D eigenvalue weighted by molar-refractivity contribution is 7.15. The van der Waals surface area contributed by atoms with Crippen LogP contribution < -0.4 is 15.0 Å². The molecule has 1 aliphatic heterocycles. The number of amides is 1. The Kier molecular flexibility index (Phi) is 6.22. The Labute approximate surface area is 185 Å². The van der Waals surface area contributed by atoms with Crippen LogP contribution in [0.3, 0.4) is 0 Å². The van der Waals surface area contributed by atoms with E-state index in [0.29, 0.717) is 19.6 Å². The molecule has 0 unspecified atom stereocenters. The molecule has 1 fully saturated rings. The number of nitrogens with one attached hydrogen (secondary N) is 1. The molecule has 1 amide bonds. The molecule has 8 nitrogen and oxygen atoms in total. The molecule has 1 saturated heterocycles. The quantitative estimate of drug-likeness (QED) is 0.490. The van der Waals surface area contributed by atoms with Crippen molar-refractivity contribution in [3.63, 3.8) is 0 Å². The summed E-state index contributed by atoms with van der Waals surface area (Å²) in [4.78, 5) is 23.2. The van der Waals surface area contributed by atoms with Gasteiger partial charge in [-0.2, -0.15) is 5.10 Å². The van der Waals surface area contributed by atoms with Gasteiger partial charge in [-0.25, -0.2) is 0 Å². The van der Waals surface area contributed by atoms with Crippen molar-refractivity contribution in [3.8, 4) is 16.2 Å². The second-order valence-corrected chi connectivity index (χ2v) is 8.40. The Balaban J connectivity index is 1.35. The minimum absolute atomic E-state index is 0.0418. The third-order valence-electron chi connectivity index (χ3n) is 5.19. The van der Waals surface area contributed by atoms with Gasteiger partial charge in [0, 0.05) is 43.1 Å². The predicted octanol–water partition coefficient (Wildman–Crippen LogP) is 2.58. The van der Waals surface area contributed by atoms with Gasteiger partial charge < -0.3 is 19.9 Å². The summed E-state index contributed by atoms with van der Waals surface area (Å²) in [5, 5.41) is 7.56. The van der Waals surface area contributed by atoms with Gasteiger partial charge in [-0.1, -0.05) is 0 Å². The fourth-order valence-corrected chi connectivity index (χ4v) is 4.51. The Morgan fingerprint density at radius 3 is 2.68 bits per heavy atom. The molecule has 1 N–H and O–H groups in total. The van der Waals surface area contributed by atoms with Crippen molar-refractivity contribution in [2.24, 2.45) is 12.0 Å². The minimum Gasteiger partial charge on any atom is -0.497 e. The first-order chi connectivity index (χ1) is 15.1. The molecule has 0 atom stereocenters. The van der Waals surface area contributed by atoms with E-state index in [1.165, 1.54) is 15.3 Å². The van der Waals surface area contributed by atoms with Crippen molar-refractivity contribution in [3.05, 3.63) is 53.7 Å². The average Bonchev–Trinajstić information content (AvgIpc) is 3.43. The summed E-state index contributed by atoms with van der Waals surface area (Å²) in [5.41, 5.74) is 2.00. The molecule has 3 aromatic rings. The lowest BCUT2D eigenvalue weighted by Gasteiger charge is -2.35. The van der Waals surface area contributed by atoms with E-state index in [0.717, 1.165) is 17.4 Å². The highest BCUT2D eigenvalue weighted by Crippen LogP contribution is 2.29. The molecule has 0 saturated carbocycles. The summed E-state index contributed by atoms with van der Waals surface area (Å²) in [7, 11) is 5.27. The van der Waals surface area contributed by atoms with Crippen LogP contribution in [0.2, 0.25) is 0 Å². The lowest BCUT2D eigenvalue weighted by molar-refractivity contribution is -0.120. The molecule has 0 radical (unpaired) electrons. The van der Waals surface area contributed by atoms with E-state index in [-0.39, 0.29) is 12.5 Å². The first-order valence-electron chi connectivity index (χ1n) is 10.0. The van der Waals surface area contributed by atoms with E-state index in [2.05, 4.69) is 39.7 Å². The normalized spacial score (nSPS) is 14.8. The molecule has 0 aliphatic carbocycles. The lowest BCUT2D eigenvalue weighted by atomic mass is 10.2. The number of guanidine groups is 1. The van der Waals surface area contributed by atoms with E-state index in [1.54, 1.807) is 41.3 Å². The van der Waals surface area contributed by atoms with Crippen LogP contribution in [-0.2, 0) is 18.4 Å². The summed E-state index contributed by atoms with van der Waals surface area (Å²) >= 11 is 1.74. The predicted molar refractivity (Wildman–Crippen MR) is 124 cm³/mol. The van der Waals surface area contributed by atoms with Crippen LogP contribution in [0.25, 0.3) is 10.4 Å². The number of rotatable bonds is 5. The number of aromatic nitrogens is 2. The number of benzene rings is 1. The van der Waals surface area contributed by atoms with Gasteiger partial charge in [-0.05, 0) is 42.0 Å². The lowest BCUT2D eigenvalue weighted by Crippen LogP contribution is -2.55. The van der Waals surface area contributed by atoms with E-state index in [4.69, 9.17) is 4.74 Å². The van der Waals surface area contributed by atoms with E-state index in [1.807, 2.05) is 30.3 Å². The smallest absolute Gasteiger partial charge is 0.246 e. The van der Waals surface area contributed by atoms with E-state index < -0.39 is 0 Å². The first kappa shape index (κ1) is 20.9. The third kappa shape index (κ3) is 4.72. The summed E-state index contributed by atoms with van der Waals surface area (Å²) in [6.07, 6.45) is 3.58. The van der Waals surface area contributed by atoms with Crippen LogP contribution in [0.5, 0.6) is 5.75 Å². The monoisotopic (exact) mass is 438 g/mol. The van der Waals surface area contributed by atoms with Gasteiger partial charge in [0.25, 0.3) is 0 Å². The van der Waals surface area contributed by atoms with Gasteiger partial charge in [-0.3, -0.25) is 14.5 Å². The molecule has 162 valence electrons. The minimum atomic E-state index is 0.0418. The standard InChI is InChI=1S/C22H26N6O2S/c1-23-22(27-10-11-28(21(29)15-27)17-12-25-26(2)14-17)24-13-19-8-9-20(31-19)16-4-6-18(30-3)7-5-16/h4-9,12,14H,10-11,13,15H2,1-3H3,(H,23,24). The zero-order valence-corrected chi connectivity index (χ0v) is 18.7. The molecular formula is C22H26N6O2S. The fraction of sp³-hybridized carbons (Fsp3) is 0.318. The summed E-state index contributed by atoms with van der Waals surface area (Å²) in [5.74, 6) is 1.63. The highest BCUT2D eigenvalue weighted by Gasteiger charge is 2.27. The van der Waals surface area contributed by atoms with Crippen LogP contribution in [0.4, 0.5) is 5.69 Å². The maximum atomic E-state index is 12.7. The number of anilines is 1. The van der Waals surface area contributed by atoms with Crippen LogP contribution >= 0.6 is 11.3 Å². The Hall–Kier alpha value is -3.33. The van der Waals surface area contributed by atoms with Gasteiger partial charge in [0.15, 0.2) is 5.96 Å². The molecule has 0 bridgehead atoms. The fourth-order valence-electron chi connectivity index (χ4n) is 3.56. The summed E-state index contributed by atoms with van der Waals surface area (Å²) in [6.45, 7) is 2.26. The number of piperazine rings is 1. The number of methoxy groups -OCH3 is 1. The van der Waals surface area contributed by atoms with Crippen molar-refractivity contribution >= 4 is 28.9 Å².